The summed E-state index contributed by atoms with van der Waals surface area (Å²) >= 11 is 0. The minimum Gasteiger partial charge on any atom is -0.489 e. The van der Waals surface area contributed by atoms with E-state index in [2.05, 4.69) is 22.2 Å². The van der Waals surface area contributed by atoms with Gasteiger partial charge in [0, 0.05) is 6.54 Å². The molecule has 0 saturated heterocycles. The van der Waals surface area contributed by atoms with E-state index in [0.29, 0.717) is 17.4 Å². The average Bonchev–Trinajstić information content (AvgIpc) is 2.49. The van der Waals surface area contributed by atoms with Crippen LogP contribution in [0.15, 0.2) is 30.6 Å². The Morgan fingerprint density at radius 1 is 1.10 bits per heavy atom. The maximum absolute atomic E-state index is 5.77. The Hall–Kier alpha value is -2.30. The van der Waals surface area contributed by atoms with Crippen LogP contribution in [0.3, 0.4) is 0 Å². The van der Waals surface area contributed by atoms with Gasteiger partial charge in [-0.2, -0.15) is 4.98 Å². The zero-order valence-corrected chi connectivity index (χ0v) is 12.0. The Morgan fingerprint density at radius 2 is 1.85 bits per heavy atom. The number of hydrogen-bond donors (Lipinski definition) is 1. The lowest BCUT2D eigenvalue weighted by Gasteiger charge is -2.12. The second kappa shape index (κ2) is 6.75. The summed E-state index contributed by atoms with van der Waals surface area (Å²) in [5.41, 5.74) is 1.26. The van der Waals surface area contributed by atoms with Gasteiger partial charge in [0.25, 0.3) is 5.88 Å². The average molecular weight is 273 g/mol. The highest BCUT2D eigenvalue weighted by Crippen LogP contribution is 2.34. The summed E-state index contributed by atoms with van der Waals surface area (Å²) in [5, 5.41) is 3.12. The van der Waals surface area contributed by atoms with Crippen LogP contribution in [0.4, 0.5) is 5.82 Å². The fourth-order valence-electron chi connectivity index (χ4n) is 1.81. The van der Waals surface area contributed by atoms with Gasteiger partial charge in [0.15, 0.2) is 5.82 Å². The van der Waals surface area contributed by atoms with Crippen LogP contribution < -0.4 is 14.8 Å². The lowest BCUT2D eigenvalue weighted by molar-refractivity contribution is 0.369. The number of anilines is 1. The molecule has 0 radical (unpaired) electrons. The molecule has 0 saturated carbocycles. The maximum Gasteiger partial charge on any atom is 0.268 e. The first-order valence-corrected chi connectivity index (χ1v) is 6.68. The zero-order chi connectivity index (χ0) is 14.4. The minimum atomic E-state index is 0.405. The fourth-order valence-corrected chi connectivity index (χ4v) is 1.81. The zero-order valence-electron chi connectivity index (χ0n) is 12.0. The number of nitrogens with one attached hydrogen (secondary N) is 1. The Morgan fingerprint density at radius 3 is 2.45 bits per heavy atom. The van der Waals surface area contributed by atoms with Gasteiger partial charge in [-0.15, -0.1) is 0 Å². The molecule has 0 atom stereocenters. The lowest BCUT2D eigenvalue weighted by Crippen LogP contribution is -2.04. The number of methoxy groups -OCH3 is 1. The summed E-state index contributed by atoms with van der Waals surface area (Å²) in [6.07, 6.45) is 2.46. The smallest absolute Gasteiger partial charge is 0.268 e. The van der Waals surface area contributed by atoms with Crippen molar-refractivity contribution in [2.75, 3.05) is 19.0 Å². The molecule has 0 bridgehead atoms. The first kappa shape index (κ1) is 14.1. The predicted molar refractivity (Wildman–Crippen MR) is 78.6 cm³/mol. The minimum absolute atomic E-state index is 0.405. The van der Waals surface area contributed by atoms with E-state index in [-0.39, 0.29) is 0 Å². The monoisotopic (exact) mass is 273 g/mol. The molecule has 5 heteroatoms. The lowest BCUT2D eigenvalue weighted by atomic mass is 10.2. The number of ether oxygens (including phenoxy) is 2. The van der Waals surface area contributed by atoms with Crippen molar-refractivity contribution in [3.63, 3.8) is 0 Å². The van der Waals surface area contributed by atoms with E-state index in [9.17, 15) is 0 Å². The number of rotatable bonds is 6. The van der Waals surface area contributed by atoms with Crippen molar-refractivity contribution in [2.45, 2.75) is 20.3 Å². The molecular weight excluding hydrogens is 254 g/mol. The van der Waals surface area contributed by atoms with Gasteiger partial charge in [0.2, 0.25) is 5.75 Å². The van der Waals surface area contributed by atoms with Gasteiger partial charge in [-0.3, -0.25) is 0 Å². The standard InChI is InChI=1S/C15H19N3O2/c1-4-11-6-8-12(9-7-11)20-15-13(19-3)14(16-5-2)17-10-18-15/h6-10H,4-5H2,1-3H3,(H,16,17,18). The van der Waals surface area contributed by atoms with Crippen LogP contribution in [0, 0.1) is 0 Å². The van der Waals surface area contributed by atoms with Crippen LogP contribution >= 0.6 is 0 Å². The van der Waals surface area contributed by atoms with Crippen molar-refractivity contribution in [2.24, 2.45) is 0 Å². The first-order chi connectivity index (χ1) is 9.78. The molecule has 0 aliphatic rings. The van der Waals surface area contributed by atoms with E-state index in [1.807, 2.05) is 31.2 Å². The van der Waals surface area contributed by atoms with Gasteiger partial charge in [0.1, 0.15) is 12.1 Å². The van der Waals surface area contributed by atoms with E-state index in [0.717, 1.165) is 18.7 Å². The van der Waals surface area contributed by atoms with E-state index >= 15 is 0 Å². The largest absolute Gasteiger partial charge is 0.489 e. The molecule has 1 N–H and O–H groups in total. The molecule has 1 heterocycles. The van der Waals surface area contributed by atoms with Gasteiger partial charge < -0.3 is 14.8 Å². The molecule has 2 rings (SSSR count). The first-order valence-electron chi connectivity index (χ1n) is 6.68. The Bertz CT molecular complexity index is 556. The van der Waals surface area contributed by atoms with Crippen molar-refractivity contribution in [3.05, 3.63) is 36.2 Å². The van der Waals surface area contributed by atoms with Crippen molar-refractivity contribution in [1.82, 2.24) is 9.97 Å². The molecule has 0 fully saturated rings. The topological polar surface area (TPSA) is 56.3 Å². The maximum atomic E-state index is 5.77. The molecule has 0 spiro atoms. The number of benzene rings is 1. The summed E-state index contributed by atoms with van der Waals surface area (Å²) in [6, 6.07) is 7.92. The molecule has 1 aromatic carbocycles. The molecule has 0 amide bonds. The number of hydrogen-bond acceptors (Lipinski definition) is 5. The fraction of sp³-hybridized carbons (Fsp3) is 0.333. The molecule has 1 aromatic heterocycles. The van der Waals surface area contributed by atoms with Crippen molar-refractivity contribution in [3.8, 4) is 17.4 Å². The number of aromatic nitrogens is 2. The van der Waals surface area contributed by atoms with E-state index < -0.39 is 0 Å². The van der Waals surface area contributed by atoms with Crippen LogP contribution in [0.1, 0.15) is 19.4 Å². The highest BCUT2D eigenvalue weighted by atomic mass is 16.5. The molecule has 20 heavy (non-hydrogen) atoms. The summed E-state index contributed by atoms with van der Waals surface area (Å²) in [6.45, 7) is 4.86. The van der Waals surface area contributed by atoms with Crippen LogP contribution in [-0.4, -0.2) is 23.6 Å². The Balaban J connectivity index is 2.25. The molecule has 0 unspecified atom stereocenters. The van der Waals surface area contributed by atoms with E-state index in [4.69, 9.17) is 9.47 Å². The van der Waals surface area contributed by atoms with Crippen LogP contribution in [0.2, 0.25) is 0 Å². The van der Waals surface area contributed by atoms with Gasteiger partial charge in [-0.05, 0) is 31.0 Å². The summed E-state index contributed by atoms with van der Waals surface area (Å²) in [7, 11) is 1.58. The molecule has 2 aromatic rings. The Labute approximate surface area is 119 Å². The third-order valence-corrected chi connectivity index (χ3v) is 2.87. The summed E-state index contributed by atoms with van der Waals surface area (Å²) in [4.78, 5) is 8.27. The Kier molecular flexibility index (Phi) is 4.76. The summed E-state index contributed by atoms with van der Waals surface area (Å²) in [5.74, 6) is 2.27. The van der Waals surface area contributed by atoms with Gasteiger partial charge in [-0.1, -0.05) is 19.1 Å². The number of nitrogens with zero attached hydrogens (tertiary/aromatic N) is 2. The van der Waals surface area contributed by atoms with Gasteiger partial charge >= 0.3 is 0 Å². The van der Waals surface area contributed by atoms with Crippen LogP contribution in [0.5, 0.6) is 17.4 Å². The highest BCUT2D eigenvalue weighted by Gasteiger charge is 2.13. The van der Waals surface area contributed by atoms with Gasteiger partial charge in [0.05, 0.1) is 7.11 Å². The van der Waals surface area contributed by atoms with Crippen LogP contribution in [0.25, 0.3) is 0 Å². The SMILES string of the molecule is CCNc1ncnc(Oc2ccc(CC)cc2)c1OC. The molecule has 5 nitrogen and oxygen atoms in total. The summed E-state index contributed by atoms with van der Waals surface area (Å²) < 4.78 is 11.1. The van der Waals surface area contributed by atoms with Crippen molar-refractivity contribution in [1.29, 1.82) is 0 Å². The normalized spacial score (nSPS) is 10.2. The molecular formula is C15H19N3O2. The highest BCUT2D eigenvalue weighted by molar-refractivity contribution is 5.55. The number of aryl methyl sites for hydroxylation is 1. The second-order valence-electron chi connectivity index (χ2n) is 4.19. The third-order valence-electron chi connectivity index (χ3n) is 2.87. The predicted octanol–water partition coefficient (Wildman–Crippen LogP) is 3.27. The quantitative estimate of drug-likeness (QED) is 0.875. The molecule has 0 aliphatic carbocycles. The van der Waals surface area contributed by atoms with Gasteiger partial charge in [-0.25, -0.2) is 4.98 Å². The van der Waals surface area contributed by atoms with Crippen molar-refractivity contribution < 1.29 is 9.47 Å². The molecule has 106 valence electrons. The van der Waals surface area contributed by atoms with Crippen molar-refractivity contribution >= 4 is 5.82 Å². The molecule has 0 aliphatic heterocycles. The third kappa shape index (κ3) is 3.17. The van der Waals surface area contributed by atoms with E-state index in [1.165, 1.54) is 11.9 Å². The second-order valence-corrected chi connectivity index (χ2v) is 4.19. The van der Waals surface area contributed by atoms with Crippen LogP contribution in [-0.2, 0) is 6.42 Å². The van der Waals surface area contributed by atoms with E-state index in [1.54, 1.807) is 7.11 Å².